The Morgan fingerprint density at radius 2 is 1.82 bits per heavy atom. The van der Waals surface area contributed by atoms with Crippen LogP contribution in [0.1, 0.15) is 31.4 Å². The number of nitrogens with zero attached hydrogens (tertiary/aromatic N) is 5. The Morgan fingerprint density at radius 3 is 2.45 bits per heavy atom. The summed E-state index contributed by atoms with van der Waals surface area (Å²) in [5, 5.41) is 13.0. The minimum absolute atomic E-state index is 0.247. The van der Waals surface area contributed by atoms with Crippen molar-refractivity contribution in [2.24, 2.45) is 7.05 Å². The molecule has 5 nitrogen and oxygen atoms in total. The lowest BCUT2D eigenvalue weighted by Crippen LogP contribution is -2.09. The van der Waals surface area contributed by atoms with Gasteiger partial charge in [-0.05, 0) is 30.3 Å². The molecule has 0 aliphatic carbocycles. The van der Waals surface area contributed by atoms with Crippen molar-refractivity contribution in [3.8, 4) is 11.3 Å². The van der Waals surface area contributed by atoms with Gasteiger partial charge in [0.15, 0.2) is 5.82 Å². The summed E-state index contributed by atoms with van der Waals surface area (Å²) in [7, 11) is 1.97. The van der Waals surface area contributed by atoms with Crippen LogP contribution in [0.5, 0.6) is 0 Å². The van der Waals surface area contributed by atoms with Gasteiger partial charge in [0.05, 0.1) is 5.69 Å². The number of aromatic nitrogens is 5. The van der Waals surface area contributed by atoms with E-state index in [1.165, 1.54) is 12.1 Å². The Hall–Kier alpha value is -2.50. The van der Waals surface area contributed by atoms with Crippen molar-refractivity contribution in [1.82, 2.24) is 24.5 Å². The van der Waals surface area contributed by atoms with Crippen molar-refractivity contribution in [2.45, 2.75) is 26.3 Å². The second kappa shape index (κ2) is 5.71. The molecule has 114 valence electrons. The highest BCUT2D eigenvalue weighted by molar-refractivity contribution is 5.58. The zero-order valence-corrected chi connectivity index (χ0v) is 12.9. The predicted octanol–water partition coefficient (Wildman–Crippen LogP) is 2.99. The molecule has 0 spiro atoms. The summed E-state index contributed by atoms with van der Waals surface area (Å²) in [5.41, 5.74) is 1.70. The number of halogens is 1. The maximum Gasteiger partial charge on any atom is 0.154 e. The highest BCUT2D eigenvalue weighted by Gasteiger charge is 2.12. The van der Waals surface area contributed by atoms with Gasteiger partial charge in [-0.3, -0.25) is 4.68 Å². The molecule has 6 heteroatoms. The quantitative estimate of drug-likeness (QED) is 0.744. The molecule has 0 radical (unpaired) electrons. The molecule has 3 rings (SSSR count). The second-order valence-corrected chi connectivity index (χ2v) is 5.59. The van der Waals surface area contributed by atoms with Gasteiger partial charge in [0, 0.05) is 24.7 Å². The monoisotopic (exact) mass is 299 g/mol. The Kier molecular flexibility index (Phi) is 3.75. The lowest BCUT2D eigenvalue weighted by molar-refractivity contribution is 0.617. The van der Waals surface area contributed by atoms with Crippen LogP contribution in [-0.4, -0.2) is 24.5 Å². The van der Waals surface area contributed by atoms with Crippen molar-refractivity contribution in [1.29, 1.82) is 0 Å². The third kappa shape index (κ3) is 2.77. The van der Waals surface area contributed by atoms with Crippen LogP contribution in [0.25, 0.3) is 11.3 Å². The van der Waals surface area contributed by atoms with Gasteiger partial charge in [-0.25, -0.2) is 4.39 Å². The second-order valence-electron chi connectivity index (χ2n) is 5.59. The van der Waals surface area contributed by atoms with Crippen LogP contribution < -0.4 is 0 Å². The summed E-state index contributed by atoms with van der Waals surface area (Å²) in [6, 6.07) is 8.23. The SMILES string of the molecule is CC(C)c1nnc(Cn2ccc(-c3ccc(F)cc3)n2)n1C. The van der Waals surface area contributed by atoms with Gasteiger partial charge in [-0.15, -0.1) is 10.2 Å². The zero-order chi connectivity index (χ0) is 15.7. The van der Waals surface area contributed by atoms with Gasteiger partial charge in [0.25, 0.3) is 0 Å². The largest absolute Gasteiger partial charge is 0.316 e. The summed E-state index contributed by atoms with van der Waals surface area (Å²) in [4.78, 5) is 0. The Balaban J connectivity index is 1.81. The molecule has 0 bridgehead atoms. The van der Waals surface area contributed by atoms with Gasteiger partial charge in [-0.2, -0.15) is 5.10 Å². The van der Waals surface area contributed by atoms with E-state index >= 15 is 0 Å². The fourth-order valence-corrected chi connectivity index (χ4v) is 2.39. The van der Waals surface area contributed by atoms with Crippen LogP contribution in [0, 0.1) is 5.82 Å². The smallest absolute Gasteiger partial charge is 0.154 e. The van der Waals surface area contributed by atoms with Crippen molar-refractivity contribution in [2.75, 3.05) is 0 Å². The molecular weight excluding hydrogens is 281 g/mol. The lowest BCUT2D eigenvalue weighted by Gasteiger charge is -2.06. The molecule has 0 aliphatic heterocycles. The van der Waals surface area contributed by atoms with Crippen LogP contribution in [0.2, 0.25) is 0 Å². The van der Waals surface area contributed by atoms with E-state index in [4.69, 9.17) is 0 Å². The van der Waals surface area contributed by atoms with Crippen molar-refractivity contribution >= 4 is 0 Å². The molecular formula is C16H18FN5. The van der Waals surface area contributed by atoms with Crippen LogP contribution in [-0.2, 0) is 13.6 Å². The van der Waals surface area contributed by atoms with E-state index in [1.54, 1.807) is 12.1 Å². The topological polar surface area (TPSA) is 48.5 Å². The maximum atomic E-state index is 13.0. The van der Waals surface area contributed by atoms with Gasteiger partial charge < -0.3 is 4.57 Å². The number of hydrogen-bond acceptors (Lipinski definition) is 3. The molecule has 2 aromatic heterocycles. The highest BCUT2D eigenvalue weighted by Crippen LogP contribution is 2.18. The molecule has 22 heavy (non-hydrogen) atoms. The van der Waals surface area contributed by atoms with E-state index in [0.717, 1.165) is 22.9 Å². The number of benzene rings is 1. The van der Waals surface area contributed by atoms with E-state index in [-0.39, 0.29) is 5.82 Å². The van der Waals surface area contributed by atoms with Crippen LogP contribution in [0.4, 0.5) is 4.39 Å². The molecule has 3 aromatic rings. The molecule has 0 saturated heterocycles. The fraction of sp³-hybridized carbons (Fsp3) is 0.312. The van der Waals surface area contributed by atoms with Crippen LogP contribution in [0.15, 0.2) is 36.5 Å². The Bertz CT molecular complexity index is 770. The molecule has 0 fully saturated rings. The molecule has 0 atom stereocenters. The highest BCUT2D eigenvalue weighted by atomic mass is 19.1. The normalized spacial score (nSPS) is 11.3. The van der Waals surface area contributed by atoms with E-state index < -0.39 is 0 Å². The minimum Gasteiger partial charge on any atom is -0.316 e. The van der Waals surface area contributed by atoms with Crippen molar-refractivity contribution in [3.05, 3.63) is 54.0 Å². The average molecular weight is 299 g/mol. The Labute approximate surface area is 128 Å². The minimum atomic E-state index is -0.247. The number of rotatable bonds is 4. The molecule has 0 N–H and O–H groups in total. The fourth-order valence-electron chi connectivity index (χ4n) is 2.39. The molecule has 0 amide bonds. The average Bonchev–Trinajstić information content (AvgIpc) is 3.08. The van der Waals surface area contributed by atoms with E-state index in [9.17, 15) is 4.39 Å². The molecule has 1 aromatic carbocycles. The molecule has 0 saturated carbocycles. The van der Waals surface area contributed by atoms with Crippen LogP contribution >= 0.6 is 0 Å². The van der Waals surface area contributed by atoms with E-state index in [1.807, 2.05) is 28.6 Å². The van der Waals surface area contributed by atoms with Gasteiger partial charge in [-0.1, -0.05) is 13.8 Å². The zero-order valence-electron chi connectivity index (χ0n) is 12.9. The van der Waals surface area contributed by atoms with Gasteiger partial charge in [0.2, 0.25) is 0 Å². The molecule has 0 unspecified atom stereocenters. The predicted molar refractivity (Wildman–Crippen MR) is 81.8 cm³/mol. The molecule has 2 heterocycles. The summed E-state index contributed by atoms with van der Waals surface area (Å²) in [5.74, 6) is 1.90. The molecule has 0 aliphatic rings. The van der Waals surface area contributed by atoms with Gasteiger partial charge in [0.1, 0.15) is 18.2 Å². The van der Waals surface area contributed by atoms with E-state index in [0.29, 0.717) is 12.5 Å². The maximum absolute atomic E-state index is 13.0. The summed E-state index contributed by atoms with van der Waals surface area (Å²) >= 11 is 0. The summed E-state index contributed by atoms with van der Waals surface area (Å²) < 4.78 is 16.8. The van der Waals surface area contributed by atoms with Crippen LogP contribution in [0.3, 0.4) is 0 Å². The van der Waals surface area contributed by atoms with Gasteiger partial charge >= 0.3 is 0 Å². The first-order valence-electron chi connectivity index (χ1n) is 7.22. The third-order valence-corrected chi connectivity index (χ3v) is 3.60. The standard InChI is InChI=1S/C16H18FN5/c1-11(2)16-19-18-15(21(16)3)10-22-9-8-14(20-22)12-4-6-13(17)7-5-12/h4-9,11H,10H2,1-3H3. The first kappa shape index (κ1) is 14.4. The first-order chi connectivity index (χ1) is 10.5. The summed E-state index contributed by atoms with van der Waals surface area (Å²) in [6.45, 7) is 4.74. The lowest BCUT2D eigenvalue weighted by atomic mass is 10.1. The van der Waals surface area contributed by atoms with Crippen molar-refractivity contribution in [3.63, 3.8) is 0 Å². The van der Waals surface area contributed by atoms with Crippen molar-refractivity contribution < 1.29 is 4.39 Å². The third-order valence-electron chi connectivity index (χ3n) is 3.60. The van der Waals surface area contributed by atoms with E-state index in [2.05, 4.69) is 29.1 Å². The first-order valence-corrected chi connectivity index (χ1v) is 7.22. The number of hydrogen-bond donors (Lipinski definition) is 0. The summed E-state index contributed by atoms with van der Waals surface area (Å²) in [6.07, 6.45) is 1.89. The Morgan fingerprint density at radius 1 is 1.09 bits per heavy atom.